The number of anilines is 5. The van der Waals surface area contributed by atoms with E-state index in [0.717, 1.165) is 39.6 Å². The lowest BCUT2D eigenvalue weighted by atomic mass is 10.0. The molecule has 0 heterocycles. The second kappa shape index (κ2) is 13.9. The Kier molecular flexibility index (Phi) is 9.56. The second-order valence-corrected chi connectivity index (χ2v) is 10.7. The van der Waals surface area contributed by atoms with Gasteiger partial charge in [0.05, 0.1) is 0 Å². The van der Waals surface area contributed by atoms with Gasteiger partial charge in [-0.1, -0.05) is 97.8 Å². The molecule has 0 aliphatic rings. The molecule has 0 N–H and O–H groups in total. The van der Waals surface area contributed by atoms with Crippen LogP contribution >= 0.6 is 0 Å². The minimum Gasteiger partial charge on any atom is -0.345 e. The van der Waals surface area contributed by atoms with E-state index in [9.17, 15) is 4.39 Å². The highest BCUT2D eigenvalue weighted by Gasteiger charge is 2.13. The standard InChI is InChI=1S/C39H33FN2.C2H6/c1-28-4-8-30(9-5-28)32-12-22-38(23-13-32)42(37-18-6-29(2)7-19-37)39-24-14-33(15-25-39)31-10-20-35(21-11-31)41(3)36-26-16-34(40)17-27-36;1-2/h4-27H,1-3H3;1-2H3. The van der Waals surface area contributed by atoms with E-state index in [1.807, 2.05) is 20.9 Å². The molecular weight excluding hydrogens is 539 g/mol. The Morgan fingerprint density at radius 3 is 0.977 bits per heavy atom. The molecule has 0 spiro atoms. The van der Waals surface area contributed by atoms with Crippen LogP contribution < -0.4 is 9.80 Å². The largest absolute Gasteiger partial charge is 0.345 e. The molecule has 6 aromatic carbocycles. The highest BCUT2D eigenvalue weighted by Crippen LogP contribution is 2.37. The lowest BCUT2D eigenvalue weighted by Crippen LogP contribution is -2.10. The Balaban J connectivity index is 0.00000188. The van der Waals surface area contributed by atoms with Crippen molar-refractivity contribution in [3.63, 3.8) is 0 Å². The molecule has 0 saturated carbocycles. The van der Waals surface area contributed by atoms with Gasteiger partial charge in [0.2, 0.25) is 0 Å². The molecule has 3 heteroatoms. The fourth-order valence-electron chi connectivity index (χ4n) is 5.18. The van der Waals surface area contributed by atoms with Gasteiger partial charge in [-0.3, -0.25) is 0 Å². The van der Waals surface area contributed by atoms with Crippen LogP contribution in [0.2, 0.25) is 0 Å². The fourth-order valence-corrected chi connectivity index (χ4v) is 5.18. The lowest BCUT2D eigenvalue weighted by molar-refractivity contribution is 0.628. The predicted octanol–water partition coefficient (Wildman–Crippen LogP) is 12.0. The summed E-state index contributed by atoms with van der Waals surface area (Å²) in [5.41, 5.74) is 12.5. The van der Waals surface area contributed by atoms with Crippen LogP contribution in [0, 0.1) is 19.7 Å². The van der Waals surface area contributed by atoms with E-state index in [4.69, 9.17) is 0 Å². The van der Waals surface area contributed by atoms with Crippen molar-refractivity contribution in [3.05, 3.63) is 163 Å². The fraction of sp³-hybridized carbons (Fsp3) is 0.122. The van der Waals surface area contributed by atoms with Gasteiger partial charge < -0.3 is 9.80 Å². The third-order valence-electron chi connectivity index (χ3n) is 7.73. The molecule has 0 aliphatic carbocycles. The van der Waals surface area contributed by atoms with E-state index in [1.165, 1.54) is 34.4 Å². The van der Waals surface area contributed by atoms with Crippen LogP contribution in [-0.4, -0.2) is 7.05 Å². The van der Waals surface area contributed by atoms with Crippen LogP contribution in [-0.2, 0) is 0 Å². The summed E-state index contributed by atoms with van der Waals surface area (Å²) in [7, 11) is 1.99. The van der Waals surface area contributed by atoms with Crippen LogP contribution in [0.5, 0.6) is 0 Å². The first-order chi connectivity index (χ1) is 21.4. The summed E-state index contributed by atoms with van der Waals surface area (Å²) in [5.74, 6) is -0.230. The maximum Gasteiger partial charge on any atom is 0.123 e. The molecule has 0 unspecified atom stereocenters. The van der Waals surface area contributed by atoms with E-state index in [0.29, 0.717) is 0 Å². The average molecular weight is 579 g/mol. The predicted molar refractivity (Wildman–Crippen MR) is 187 cm³/mol. The number of nitrogens with zero attached hydrogens (tertiary/aromatic N) is 2. The zero-order chi connectivity index (χ0) is 31.1. The van der Waals surface area contributed by atoms with Crippen LogP contribution in [0.15, 0.2) is 146 Å². The molecule has 6 rings (SSSR count). The summed E-state index contributed by atoms with van der Waals surface area (Å²) >= 11 is 0. The number of hydrogen-bond donors (Lipinski definition) is 0. The Bertz CT molecular complexity index is 1750. The number of benzene rings is 6. The molecule has 0 aliphatic heterocycles. The molecule has 220 valence electrons. The smallest absolute Gasteiger partial charge is 0.123 e. The van der Waals surface area contributed by atoms with Crippen LogP contribution in [0.25, 0.3) is 22.3 Å². The molecule has 0 atom stereocenters. The van der Waals surface area contributed by atoms with Crippen molar-refractivity contribution in [2.45, 2.75) is 27.7 Å². The first kappa shape index (κ1) is 30.3. The number of aryl methyl sites for hydroxylation is 2. The second-order valence-electron chi connectivity index (χ2n) is 10.7. The normalized spacial score (nSPS) is 10.5. The maximum absolute atomic E-state index is 13.3. The van der Waals surface area contributed by atoms with Crippen LogP contribution in [0.4, 0.5) is 32.8 Å². The number of halogens is 1. The molecule has 0 saturated heterocycles. The number of hydrogen-bond acceptors (Lipinski definition) is 2. The van der Waals surface area contributed by atoms with Gasteiger partial charge in [-0.25, -0.2) is 4.39 Å². The van der Waals surface area contributed by atoms with Crippen molar-refractivity contribution in [2.75, 3.05) is 16.8 Å². The van der Waals surface area contributed by atoms with Crippen molar-refractivity contribution >= 4 is 28.4 Å². The molecule has 44 heavy (non-hydrogen) atoms. The molecule has 2 nitrogen and oxygen atoms in total. The third kappa shape index (κ3) is 6.90. The van der Waals surface area contributed by atoms with Crippen molar-refractivity contribution in [1.82, 2.24) is 0 Å². The van der Waals surface area contributed by atoms with Crippen molar-refractivity contribution in [3.8, 4) is 22.3 Å². The summed E-state index contributed by atoms with van der Waals surface area (Å²) in [6, 6.07) is 49.8. The van der Waals surface area contributed by atoms with Crippen molar-refractivity contribution in [2.24, 2.45) is 0 Å². The van der Waals surface area contributed by atoms with Crippen molar-refractivity contribution in [1.29, 1.82) is 0 Å². The molecular formula is C41H39FN2. The molecule has 0 aromatic heterocycles. The van der Waals surface area contributed by atoms with Gasteiger partial charge in [0.25, 0.3) is 0 Å². The van der Waals surface area contributed by atoms with Gasteiger partial charge in [-0.15, -0.1) is 0 Å². The topological polar surface area (TPSA) is 6.48 Å². The highest BCUT2D eigenvalue weighted by molar-refractivity contribution is 5.80. The first-order valence-electron chi connectivity index (χ1n) is 15.2. The van der Waals surface area contributed by atoms with Gasteiger partial charge >= 0.3 is 0 Å². The Labute approximate surface area is 261 Å². The van der Waals surface area contributed by atoms with E-state index in [1.54, 1.807) is 12.1 Å². The summed E-state index contributed by atoms with van der Waals surface area (Å²) in [6.07, 6.45) is 0. The van der Waals surface area contributed by atoms with E-state index >= 15 is 0 Å². The van der Waals surface area contributed by atoms with E-state index in [2.05, 4.69) is 145 Å². The molecule has 0 fully saturated rings. The van der Waals surface area contributed by atoms with E-state index < -0.39 is 0 Å². The zero-order valence-corrected chi connectivity index (χ0v) is 26.1. The average Bonchev–Trinajstić information content (AvgIpc) is 3.08. The van der Waals surface area contributed by atoms with Gasteiger partial charge in [0, 0.05) is 35.5 Å². The summed E-state index contributed by atoms with van der Waals surface area (Å²) in [6.45, 7) is 8.23. The zero-order valence-electron chi connectivity index (χ0n) is 26.1. The van der Waals surface area contributed by atoms with Gasteiger partial charge in [-0.2, -0.15) is 0 Å². The SMILES string of the molecule is CC.Cc1ccc(-c2ccc(N(c3ccc(C)cc3)c3ccc(-c4ccc(N(C)c5ccc(F)cc5)cc4)cc3)cc2)cc1. The molecule has 0 radical (unpaired) electrons. The third-order valence-corrected chi connectivity index (χ3v) is 7.73. The summed E-state index contributed by atoms with van der Waals surface area (Å²) in [4.78, 5) is 4.35. The Hall–Kier alpha value is -5.15. The monoisotopic (exact) mass is 578 g/mol. The summed E-state index contributed by atoms with van der Waals surface area (Å²) < 4.78 is 13.3. The molecule has 0 bridgehead atoms. The first-order valence-corrected chi connectivity index (χ1v) is 15.2. The lowest BCUT2D eigenvalue weighted by Gasteiger charge is -2.26. The van der Waals surface area contributed by atoms with Gasteiger partial charge in [0.1, 0.15) is 5.82 Å². The minimum absolute atomic E-state index is 0.230. The van der Waals surface area contributed by atoms with Crippen LogP contribution in [0.1, 0.15) is 25.0 Å². The van der Waals surface area contributed by atoms with Gasteiger partial charge in [0.15, 0.2) is 0 Å². The maximum atomic E-state index is 13.3. The molecule has 6 aromatic rings. The van der Waals surface area contributed by atoms with Crippen LogP contribution in [0.3, 0.4) is 0 Å². The van der Waals surface area contributed by atoms with Gasteiger partial charge in [-0.05, 0) is 109 Å². The quantitative estimate of drug-likeness (QED) is 0.186. The molecule has 0 amide bonds. The summed E-state index contributed by atoms with van der Waals surface area (Å²) in [5, 5.41) is 0. The van der Waals surface area contributed by atoms with Crippen molar-refractivity contribution < 1.29 is 4.39 Å². The Morgan fingerprint density at radius 2 is 0.614 bits per heavy atom. The Morgan fingerprint density at radius 1 is 0.364 bits per heavy atom. The van der Waals surface area contributed by atoms with E-state index in [-0.39, 0.29) is 5.82 Å². The number of rotatable bonds is 7. The minimum atomic E-state index is -0.230. The highest BCUT2D eigenvalue weighted by atomic mass is 19.1.